The summed E-state index contributed by atoms with van der Waals surface area (Å²) in [6.45, 7) is 5.35. The summed E-state index contributed by atoms with van der Waals surface area (Å²) in [6.07, 6.45) is 4.13. The highest BCUT2D eigenvalue weighted by Crippen LogP contribution is 2.39. The second-order valence-electron chi connectivity index (χ2n) is 5.16. The van der Waals surface area contributed by atoms with Crippen LogP contribution in [0.25, 0.3) is 0 Å². The van der Waals surface area contributed by atoms with E-state index in [1.165, 1.54) is 10.5 Å². The van der Waals surface area contributed by atoms with E-state index in [2.05, 4.69) is 17.2 Å². The summed E-state index contributed by atoms with van der Waals surface area (Å²) in [6, 6.07) is 1.70. The van der Waals surface area contributed by atoms with Gasteiger partial charge in [-0.2, -0.15) is 0 Å². The van der Waals surface area contributed by atoms with E-state index in [1.54, 1.807) is 19.3 Å². The highest BCUT2D eigenvalue weighted by atomic mass is 32.2. The first-order valence-electron chi connectivity index (χ1n) is 6.61. The Morgan fingerprint density at radius 3 is 2.79 bits per heavy atom. The molecule has 1 N–H and O–H groups in total. The first-order chi connectivity index (χ1) is 8.96. The Bertz CT molecular complexity index is 545. The lowest BCUT2D eigenvalue weighted by molar-refractivity contribution is 0.444. The summed E-state index contributed by atoms with van der Waals surface area (Å²) in [5, 5.41) is 3.07. The van der Waals surface area contributed by atoms with Gasteiger partial charge in [-0.1, -0.05) is 6.92 Å². The number of rotatable bonds is 6. The topological polar surface area (TPSA) is 62.3 Å². The van der Waals surface area contributed by atoms with E-state index in [0.29, 0.717) is 30.6 Å². The quantitative estimate of drug-likeness (QED) is 0.864. The van der Waals surface area contributed by atoms with E-state index in [-0.39, 0.29) is 4.90 Å². The molecular weight excluding hydrogens is 262 g/mol. The molecule has 0 aromatic carbocycles. The number of anilines is 1. The average Bonchev–Trinajstić information content (AvgIpc) is 3.05. The minimum atomic E-state index is -3.46. The summed E-state index contributed by atoms with van der Waals surface area (Å²) in [5.74, 6) is 1.14. The van der Waals surface area contributed by atoms with Crippen molar-refractivity contribution in [2.24, 2.45) is 11.8 Å². The van der Waals surface area contributed by atoms with E-state index in [9.17, 15) is 8.42 Å². The van der Waals surface area contributed by atoms with Crippen LogP contribution >= 0.6 is 0 Å². The van der Waals surface area contributed by atoms with Gasteiger partial charge in [-0.05, 0) is 31.2 Å². The van der Waals surface area contributed by atoms with Crippen molar-refractivity contribution in [1.29, 1.82) is 0 Å². The van der Waals surface area contributed by atoms with Crippen LogP contribution in [0.5, 0.6) is 0 Å². The molecule has 1 aromatic heterocycles. The molecule has 0 spiro atoms. The zero-order chi connectivity index (χ0) is 14.0. The zero-order valence-corrected chi connectivity index (χ0v) is 12.4. The Kier molecular flexibility index (Phi) is 4.10. The molecule has 19 heavy (non-hydrogen) atoms. The molecule has 106 valence electrons. The molecule has 0 radical (unpaired) electrons. The minimum Gasteiger partial charge on any atom is -0.384 e. The maximum absolute atomic E-state index is 12.5. The molecule has 0 aliphatic heterocycles. The third kappa shape index (κ3) is 3.06. The largest absolute Gasteiger partial charge is 0.384 e. The van der Waals surface area contributed by atoms with E-state index in [0.717, 1.165) is 6.42 Å². The maximum atomic E-state index is 12.5. The van der Waals surface area contributed by atoms with E-state index in [1.807, 2.05) is 6.92 Å². The molecule has 5 nitrogen and oxygen atoms in total. The van der Waals surface area contributed by atoms with Gasteiger partial charge in [-0.15, -0.1) is 0 Å². The van der Waals surface area contributed by atoms with Gasteiger partial charge in [0.1, 0.15) is 4.90 Å². The molecule has 6 heteroatoms. The van der Waals surface area contributed by atoms with Crippen molar-refractivity contribution in [3.63, 3.8) is 0 Å². The lowest BCUT2D eigenvalue weighted by atomic mass is 10.3. The highest BCUT2D eigenvalue weighted by molar-refractivity contribution is 7.89. The molecule has 1 aliphatic rings. The van der Waals surface area contributed by atoms with Gasteiger partial charge in [0, 0.05) is 32.5 Å². The van der Waals surface area contributed by atoms with Gasteiger partial charge < -0.3 is 5.32 Å². The van der Waals surface area contributed by atoms with Crippen LogP contribution in [-0.2, 0) is 10.0 Å². The van der Waals surface area contributed by atoms with Gasteiger partial charge in [-0.25, -0.2) is 12.7 Å². The Morgan fingerprint density at radius 1 is 1.53 bits per heavy atom. The normalized spacial score (nSPS) is 22.5. The fourth-order valence-corrected chi connectivity index (χ4v) is 3.51. The number of hydrogen-bond acceptors (Lipinski definition) is 4. The maximum Gasteiger partial charge on any atom is 0.246 e. The van der Waals surface area contributed by atoms with Gasteiger partial charge in [0.05, 0.1) is 5.69 Å². The number of sulfonamides is 1. The molecule has 2 unspecified atom stereocenters. The SMILES string of the molecule is CCNc1ccncc1S(=O)(=O)N(C)CC1CC1C. The standard InChI is InChI=1S/C13H21N3O2S/c1-4-15-12-5-6-14-8-13(12)19(17,18)16(3)9-11-7-10(11)2/h5-6,8,10-11H,4,7,9H2,1-3H3,(H,14,15). The fourth-order valence-electron chi connectivity index (χ4n) is 2.17. The van der Waals surface area contributed by atoms with Crippen molar-refractivity contribution in [3.8, 4) is 0 Å². The van der Waals surface area contributed by atoms with Crippen LogP contribution in [0, 0.1) is 11.8 Å². The summed E-state index contributed by atoms with van der Waals surface area (Å²) in [7, 11) is -1.82. The summed E-state index contributed by atoms with van der Waals surface area (Å²) in [4.78, 5) is 4.20. The van der Waals surface area contributed by atoms with Crippen molar-refractivity contribution < 1.29 is 8.42 Å². The number of nitrogens with one attached hydrogen (secondary N) is 1. The molecule has 2 rings (SSSR count). The lowest BCUT2D eigenvalue weighted by Crippen LogP contribution is -2.30. The van der Waals surface area contributed by atoms with E-state index in [4.69, 9.17) is 0 Å². The predicted molar refractivity (Wildman–Crippen MR) is 75.5 cm³/mol. The van der Waals surface area contributed by atoms with Crippen LogP contribution in [0.1, 0.15) is 20.3 Å². The van der Waals surface area contributed by atoms with Crippen LogP contribution in [0.3, 0.4) is 0 Å². The molecule has 0 saturated heterocycles. The second kappa shape index (κ2) is 5.46. The molecule has 1 aromatic rings. The smallest absolute Gasteiger partial charge is 0.246 e. The van der Waals surface area contributed by atoms with E-state index < -0.39 is 10.0 Å². The predicted octanol–water partition coefficient (Wildman–Crippen LogP) is 1.79. The molecule has 1 saturated carbocycles. The van der Waals surface area contributed by atoms with Crippen LogP contribution in [0.2, 0.25) is 0 Å². The van der Waals surface area contributed by atoms with Gasteiger partial charge in [0.25, 0.3) is 0 Å². The van der Waals surface area contributed by atoms with Crippen LogP contribution in [0.15, 0.2) is 23.4 Å². The zero-order valence-electron chi connectivity index (χ0n) is 11.6. The van der Waals surface area contributed by atoms with Gasteiger partial charge in [-0.3, -0.25) is 4.98 Å². The summed E-state index contributed by atoms with van der Waals surface area (Å²) < 4.78 is 26.5. The van der Waals surface area contributed by atoms with Crippen LogP contribution in [0.4, 0.5) is 5.69 Å². The van der Waals surface area contributed by atoms with Gasteiger partial charge in [0.15, 0.2) is 0 Å². The Labute approximate surface area is 115 Å². The number of aromatic nitrogens is 1. The van der Waals surface area contributed by atoms with Crippen molar-refractivity contribution in [3.05, 3.63) is 18.5 Å². The number of hydrogen-bond donors (Lipinski definition) is 1. The summed E-state index contributed by atoms with van der Waals surface area (Å²) in [5.41, 5.74) is 0.619. The molecular formula is C13H21N3O2S. The van der Waals surface area contributed by atoms with Gasteiger partial charge in [0.2, 0.25) is 10.0 Å². The second-order valence-corrected chi connectivity index (χ2v) is 7.17. The third-order valence-electron chi connectivity index (χ3n) is 3.61. The molecule has 2 atom stereocenters. The molecule has 0 amide bonds. The molecule has 1 aliphatic carbocycles. The molecule has 1 heterocycles. The highest BCUT2D eigenvalue weighted by Gasteiger charge is 2.36. The molecule has 1 fully saturated rings. The Morgan fingerprint density at radius 2 is 2.21 bits per heavy atom. The third-order valence-corrected chi connectivity index (χ3v) is 5.46. The van der Waals surface area contributed by atoms with Crippen LogP contribution in [-0.4, -0.2) is 37.8 Å². The monoisotopic (exact) mass is 283 g/mol. The number of pyridine rings is 1. The summed E-state index contributed by atoms with van der Waals surface area (Å²) >= 11 is 0. The van der Waals surface area contributed by atoms with Gasteiger partial charge >= 0.3 is 0 Å². The number of nitrogens with zero attached hydrogens (tertiary/aromatic N) is 2. The van der Waals surface area contributed by atoms with Crippen LogP contribution < -0.4 is 5.32 Å². The molecule has 0 bridgehead atoms. The first-order valence-corrected chi connectivity index (χ1v) is 8.05. The first kappa shape index (κ1) is 14.3. The van der Waals surface area contributed by atoms with Crippen molar-refractivity contribution in [2.45, 2.75) is 25.2 Å². The van der Waals surface area contributed by atoms with Crippen molar-refractivity contribution >= 4 is 15.7 Å². The fraction of sp³-hybridized carbons (Fsp3) is 0.615. The lowest BCUT2D eigenvalue weighted by Gasteiger charge is -2.19. The Hall–Kier alpha value is -1.14. The average molecular weight is 283 g/mol. The van der Waals surface area contributed by atoms with Crippen molar-refractivity contribution in [1.82, 2.24) is 9.29 Å². The Balaban J connectivity index is 2.23. The van der Waals surface area contributed by atoms with Crippen molar-refractivity contribution in [2.75, 3.05) is 25.5 Å². The minimum absolute atomic E-state index is 0.257. The van der Waals surface area contributed by atoms with E-state index >= 15 is 0 Å².